The van der Waals surface area contributed by atoms with Crippen LogP contribution in [-0.2, 0) is 9.59 Å². The van der Waals surface area contributed by atoms with Crippen molar-refractivity contribution in [3.05, 3.63) is 75.6 Å². The van der Waals surface area contributed by atoms with Crippen LogP contribution in [0.1, 0.15) is 4.88 Å². The number of imide groups is 1. The zero-order chi connectivity index (χ0) is 21.3. The topological polar surface area (TPSA) is 67.9 Å². The molecular formula is C22H17ClN2O4S. The van der Waals surface area contributed by atoms with E-state index in [2.05, 4.69) is 5.32 Å². The Morgan fingerprint density at radius 2 is 1.80 bits per heavy atom. The largest absolute Gasteiger partial charge is 0.497 e. The van der Waals surface area contributed by atoms with Crippen molar-refractivity contribution < 1.29 is 19.1 Å². The third-order valence-electron chi connectivity index (χ3n) is 4.58. The molecule has 0 saturated heterocycles. The van der Waals surface area contributed by atoms with Crippen molar-refractivity contribution >= 4 is 51.7 Å². The lowest BCUT2D eigenvalue weighted by atomic mass is 10.1. The number of benzene rings is 2. The second-order valence-corrected chi connectivity index (χ2v) is 7.73. The summed E-state index contributed by atoms with van der Waals surface area (Å²) in [4.78, 5) is 28.6. The van der Waals surface area contributed by atoms with Gasteiger partial charge in [-0.2, -0.15) is 0 Å². The number of thiophene rings is 1. The van der Waals surface area contributed by atoms with E-state index in [0.29, 0.717) is 38.3 Å². The van der Waals surface area contributed by atoms with Crippen LogP contribution in [0.5, 0.6) is 11.5 Å². The van der Waals surface area contributed by atoms with E-state index in [-0.39, 0.29) is 5.70 Å². The Hall–Kier alpha value is -3.29. The summed E-state index contributed by atoms with van der Waals surface area (Å²) in [7, 11) is 3.05. The minimum absolute atomic E-state index is 0.158. The number of methoxy groups -OCH3 is 2. The molecule has 0 spiro atoms. The smallest absolute Gasteiger partial charge is 0.282 e. The van der Waals surface area contributed by atoms with Crippen LogP contribution >= 0.6 is 22.9 Å². The van der Waals surface area contributed by atoms with Gasteiger partial charge in [0.05, 0.1) is 31.2 Å². The van der Waals surface area contributed by atoms with E-state index in [4.69, 9.17) is 21.1 Å². The molecule has 6 nitrogen and oxygen atoms in total. The van der Waals surface area contributed by atoms with Gasteiger partial charge in [-0.25, -0.2) is 4.90 Å². The van der Waals surface area contributed by atoms with Crippen molar-refractivity contribution in [2.45, 2.75) is 0 Å². The lowest BCUT2D eigenvalue weighted by molar-refractivity contribution is -0.120. The Morgan fingerprint density at radius 3 is 2.50 bits per heavy atom. The molecule has 3 aromatic rings. The zero-order valence-electron chi connectivity index (χ0n) is 16.1. The van der Waals surface area contributed by atoms with Crippen molar-refractivity contribution in [1.82, 2.24) is 0 Å². The molecular weight excluding hydrogens is 424 g/mol. The van der Waals surface area contributed by atoms with Crippen LogP contribution in [-0.4, -0.2) is 26.0 Å². The molecule has 1 aliphatic rings. The number of carbonyl (C=O) groups excluding carboxylic acids is 2. The van der Waals surface area contributed by atoms with Crippen LogP contribution in [0.3, 0.4) is 0 Å². The molecule has 0 unspecified atom stereocenters. The molecule has 0 bridgehead atoms. The molecule has 2 heterocycles. The molecule has 8 heteroatoms. The normalized spacial score (nSPS) is 13.8. The maximum absolute atomic E-state index is 13.4. The van der Waals surface area contributed by atoms with Crippen molar-refractivity contribution in [3.63, 3.8) is 0 Å². The van der Waals surface area contributed by atoms with E-state index in [9.17, 15) is 9.59 Å². The summed E-state index contributed by atoms with van der Waals surface area (Å²) in [6.45, 7) is 0. The van der Waals surface area contributed by atoms with Crippen molar-refractivity contribution in [3.8, 4) is 11.5 Å². The van der Waals surface area contributed by atoms with Crippen molar-refractivity contribution in [2.75, 3.05) is 24.4 Å². The highest BCUT2D eigenvalue weighted by atomic mass is 35.5. The van der Waals surface area contributed by atoms with Gasteiger partial charge in [-0.1, -0.05) is 23.7 Å². The molecule has 4 rings (SSSR count). The second-order valence-electron chi connectivity index (χ2n) is 6.34. The fourth-order valence-electron chi connectivity index (χ4n) is 3.19. The first-order valence-corrected chi connectivity index (χ1v) is 10.2. The Morgan fingerprint density at radius 1 is 0.967 bits per heavy atom. The van der Waals surface area contributed by atoms with E-state index >= 15 is 0 Å². The molecule has 2 amide bonds. The van der Waals surface area contributed by atoms with Crippen LogP contribution in [0, 0.1) is 0 Å². The molecule has 1 N–H and O–H groups in total. The second kappa shape index (κ2) is 8.22. The molecule has 30 heavy (non-hydrogen) atoms. The first-order valence-electron chi connectivity index (χ1n) is 8.95. The van der Waals surface area contributed by atoms with Crippen LogP contribution in [0.25, 0.3) is 5.57 Å². The lowest BCUT2D eigenvalue weighted by Crippen LogP contribution is -2.32. The minimum atomic E-state index is -0.473. The third-order valence-corrected chi connectivity index (χ3v) is 5.71. The number of rotatable bonds is 6. The number of hydrogen-bond donors (Lipinski definition) is 1. The third kappa shape index (κ3) is 3.53. The van der Waals surface area contributed by atoms with Crippen molar-refractivity contribution in [2.24, 2.45) is 0 Å². The predicted octanol–water partition coefficient (Wildman–Crippen LogP) is 4.82. The molecule has 0 saturated carbocycles. The Balaban J connectivity index is 1.82. The fraction of sp³-hybridized carbons (Fsp3) is 0.0909. The van der Waals surface area contributed by atoms with Crippen LogP contribution in [0.2, 0.25) is 5.02 Å². The molecule has 1 aliphatic heterocycles. The van der Waals surface area contributed by atoms with Gasteiger partial charge in [-0.15, -0.1) is 11.3 Å². The number of halogens is 1. The Labute approximate surface area is 182 Å². The summed E-state index contributed by atoms with van der Waals surface area (Å²) in [6, 6.07) is 15.5. The predicted molar refractivity (Wildman–Crippen MR) is 118 cm³/mol. The molecule has 0 radical (unpaired) electrons. The summed E-state index contributed by atoms with van der Waals surface area (Å²) in [5.74, 6) is 0.152. The molecule has 152 valence electrons. The highest BCUT2D eigenvalue weighted by Gasteiger charge is 2.41. The number of anilines is 2. The maximum atomic E-state index is 13.4. The van der Waals surface area contributed by atoms with Crippen LogP contribution < -0.4 is 19.7 Å². The standard InChI is InChI=1S/C22H17ClN2O4S/c1-28-15-6-3-5-14(12-15)25-21(26)19(18-7-4-10-30-18)20(22(25)27)24-16-11-13(23)8-9-17(16)29-2/h3-12,24H,1-2H3. The van der Waals surface area contributed by atoms with Gasteiger partial charge in [-0.05, 0) is 41.8 Å². The van der Waals surface area contributed by atoms with Gasteiger partial charge >= 0.3 is 0 Å². The highest BCUT2D eigenvalue weighted by molar-refractivity contribution is 7.11. The van der Waals surface area contributed by atoms with Gasteiger partial charge in [0, 0.05) is 16.0 Å². The number of nitrogens with one attached hydrogen (secondary N) is 1. The number of amides is 2. The Bertz CT molecular complexity index is 1160. The van der Waals surface area contributed by atoms with Crippen LogP contribution in [0.15, 0.2) is 65.7 Å². The average Bonchev–Trinajstić information content (AvgIpc) is 3.35. The van der Waals surface area contributed by atoms with Gasteiger partial charge in [0.25, 0.3) is 11.8 Å². The van der Waals surface area contributed by atoms with Gasteiger partial charge in [0.1, 0.15) is 17.2 Å². The van der Waals surface area contributed by atoms with E-state index in [1.807, 2.05) is 11.4 Å². The number of carbonyl (C=O) groups is 2. The monoisotopic (exact) mass is 440 g/mol. The molecule has 1 aromatic heterocycles. The summed E-state index contributed by atoms with van der Waals surface area (Å²) in [6.07, 6.45) is 0. The average molecular weight is 441 g/mol. The van der Waals surface area contributed by atoms with Gasteiger partial charge < -0.3 is 14.8 Å². The van der Waals surface area contributed by atoms with E-state index < -0.39 is 11.8 Å². The van der Waals surface area contributed by atoms with Crippen molar-refractivity contribution in [1.29, 1.82) is 0 Å². The summed E-state index contributed by atoms with van der Waals surface area (Å²) in [5, 5.41) is 5.41. The number of hydrogen-bond acceptors (Lipinski definition) is 6. The minimum Gasteiger partial charge on any atom is -0.497 e. The molecule has 2 aromatic carbocycles. The first kappa shape index (κ1) is 20.0. The molecule has 0 atom stereocenters. The van der Waals surface area contributed by atoms with E-state index in [1.54, 1.807) is 48.5 Å². The fourth-order valence-corrected chi connectivity index (χ4v) is 4.13. The zero-order valence-corrected chi connectivity index (χ0v) is 17.7. The highest BCUT2D eigenvalue weighted by Crippen LogP contribution is 2.38. The summed E-state index contributed by atoms with van der Waals surface area (Å²) < 4.78 is 10.6. The Kier molecular flexibility index (Phi) is 5.48. The van der Waals surface area contributed by atoms with Crippen LogP contribution in [0.4, 0.5) is 11.4 Å². The van der Waals surface area contributed by atoms with Gasteiger partial charge in [0.2, 0.25) is 0 Å². The van der Waals surface area contributed by atoms with E-state index in [1.165, 1.54) is 25.6 Å². The molecule has 0 fully saturated rings. The summed E-state index contributed by atoms with van der Waals surface area (Å²) >= 11 is 7.51. The quantitative estimate of drug-likeness (QED) is 0.557. The van der Waals surface area contributed by atoms with E-state index in [0.717, 1.165) is 4.90 Å². The number of nitrogens with zero attached hydrogens (tertiary/aromatic N) is 1. The van der Waals surface area contributed by atoms with Gasteiger partial charge in [-0.3, -0.25) is 9.59 Å². The lowest BCUT2D eigenvalue weighted by Gasteiger charge is -2.16. The first-order chi connectivity index (χ1) is 14.5. The maximum Gasteiger partial charge on any atom is 0.282 e. The number of ether oxygens (including phenoxy) is 2. The molecule has 0 aliphatic carbocycles. The SMILES string of the molecule is COc1cccc(N2C(=O)C(Nc3cc(Cl)ccc3OC)=C(c3cccs3)C2=O)c1. The van der Waals surface area contributed by atoms with Gasteiger partial charge in [0.15, 0.2) is 0 Å². The summed E-state index contributed by atoms with van der Waals surface area (Å²) in [5.41, 5.74) is 1.36.